The van der Waals surface area contributed by atoms with Crippen LogP contribution in [0.2, 0.25) is 0 Å². The third-order valence-corrected chi connectivity index (χ3v) is 3.35. The highest BCUT2D eigenvalue weighted by Crippen LogP contribution is 2.23. The van der Waals surface area contributed by atoms with Gasteiger partial charge in [-0.25, -0.2) is 0 Å². The summed E-state index contributed by atoms with van der Waals surface area (Å²) >= 11 is 0. The molecule has 1 unspecified atom stereocenters. The fourth-order valence-electron chi connectivity index (χ4n) is 2.10. The number of nitrogens with one attached hydrogen (secondary N) is 2. The zero-order valence-electron chi connectivity index (χ0n) is 12.3. The second-order valence-corrected chi connectivity index (χ2v) is 4.92. The van der Waals surface area contributed by atoms with Crippen LogP contribution in [0.25, 0.3) is 0 Å². The molecular weight excluding hydrogens is 236 g/mol. The minimum absolute atomic E-state index is 0.144. The van der Waals surface area contributed by atoms with Gasteiger partial charge in [0.2, 0.25) is 5.91 Å². The standard InChI is InChI=1S/C16H26N2O/c1-4-14(15-8-6-13(3)7-9-15)12-16(19)18-11-10-17-5-2/h6-9,14,17H,4-5,10-12H2,1-3H3,(H,18,19). The number of benzene rings is 1. The van der Waals surface area contributed by atoms with Crippen LogP contribution >= 0.6 is 0 Å². The summed E-state index contributed by atoms with van der Waals surface area (Å²) in [7, 11) is 0. The summed E-state index contributed by atoms with van der Waals surface area (Å²) in [5, 5.41) is 6.16. The number of hydrogen-bond acceptors (Lipinski definition) is 2. The lowest BCUT2D eigenvalue weighted by molar-refractivity contribution is -0.121. The van der Waals surface area contributed by atoms with Gasteiger partial charge in [0.25, 0.3) is 0 Å². The lowest BCUT2D eigenvalue weighted by Gasteiger charge is -2.15. The van der Waals surface area contributed by atoms with Crippen molar-refractivity contribution in [3.63, 3.8) is 0 Å². The Morgan fingerprint density at radius 2 is 1.84 bits per heavy atom. The third kappa shape index (κ3) is 5.88. The first-order chi connectivity index (χ1) is 9.17. The van der Waals surface area contributed by atoms with Gasteiger partial charge in [-0.1, -0.05) is 43.7 Å². The SMILES string of the molecule is CCNCCNC(=O)CC(CC)c1ccc(C)cc1. The smallest absolute Gasteiger partial charge is 0.220 e. The molecule has 0 aliphatic rings. The maximum absolute atomic E-state index is 11.9. The van der Waals surface area contributed by atoms with Crippen LogP contribution in [0, 0.1) is 6.92 Å². The molecule has 1 atom stereocenters. The van der Waals surface area contributed by atoms with Crippen molar-refractivity contribution in [3.8, 4) is 0 Å². The number of rotatable bonds is 8. The maximum Gasteiger partial charge on any atom is 0.220 e. The van der Waals surface area contributed by atoms with E-state index >= 15 is 0 Å². The average Bonchev–Trinajstić information content (AvgIpc) is 2.42. The van der Waals surface area contributed by atoms with Crippen LogP contribution < -0.4 is 10.6 Å². The van der Waals surface area contributed by atoms with E-state index < -0.39 is 0 Å². The van der Waals surface area contributed by atoms with Gasteiger partial charge in [0.05, 0.1) is 0 Å². The molecule has 3 heteroatoms. The van der Waals surface area contributed by atoms with Gasteiger partial charge < -0.3 is 10.6 Å². The van der Waals surface area contributed by atoms with Crippen molar-refractivity contribution in [1.82, 2.24) is 10.6 Å². The molecule has 0 saturated carbocycles. The van der Waals surface area contributed by atoms with E-state index in [-0.39, 0.29) is 5.91 Å². The second-order valence-electron chi connectivity index (χ2n) is 4.92. The predicted octanol–water partition coefficient (Wildman–Crippen LogP) is 2.60. The topological polar surface area (TPSA) is 41.1 Å². The molecular formula is C16H26N2O. The summed E-state index contributed by atoms with van der Waals surface area (Å²) in [5.74, 6) is 0.463. The molecule has 19 heavy (non-hydrogen) atoms. The molecule has 3 nitrogen and oxygen atoms in total. The van der Waals surface area contributed by atoms with Crippen molar-refractivity contribution in [2.45, 2.75) is 39.5 Å². The van der Waals surface area contributed by atoms with E-state index in [1.165, 1.54) is 11.1 Å². The van der Waals surface area contributed by atoms with Gasteiger partial charge in [0, 0.05) is 19.5 Å². The van der Waals surface area contributed by atoms with Crippen molar-refractivity contribution in [3.05, 3.63) is 35.4 Å². The van der Waals surface area contributed by atoms with E-state index in [0.717, 1.165) is 19.5 Å². The summed E-state index contributed by atoms with van der Waals surface area (Å²) in [4.78, 5) is 11.9. The monoisotopic (exact) mass is 262 g/mol. The molecule has 0 aliphatic heterocycles. The summed E-state index contributed by atoms with van der Waals surface area (Å²) in [6.45, 7) is 8.76. The average molecular weight is 262 g/mol. The van der Waals surface area contributed by atoms with E-state index in [9.17, 15) is 4.79 Å². The molecule has 0 radical (unpaired) electrons. The van der Waals surface area contributed by atoms with Gasteiger partial charge in [0.1, 0.15) is 0 Å². The Hall–Kier alpha value is -1.35. The molecule has 1 aromatic rings. The fraction of sp³-hybridized carbons (Fsp3) is 0.562. The molecule has 0 saturated heterocycles. The van der Waals surface area contributed by atoms with Gasteiger partial charge in [0.15, 0.2) is 0 Å². The van der Waals surface area contributed by atoms with E-state index in [2.05, 4.69) is 55.7 Å². The Bertz CT molecular complexity index is 373. The van der Waals surface area contributed by atoms with Crippen molar-refractivity contribution in [1.29, 1.82) is 0 Å². The Kier molecular flexibility index (Phi) is 7.19. The first-order valence-electron chi connectivity index (χ1n) is 7.21. The van der Waals surface area contributed by atoms with E-state index in [1.54, 1.807) is 0 Å². The lowest BCUT2D eigenvalue weighted by Crippen LogP contribution is -2.32. The van der Waals surface area contributed by atoms with Gasteiger partial charge in [-0.2, -0.15) is 0 Å². The van der Waals surface area contributed by atoms with Crippen molar-refractivity contribution >= 4 is 5.91 Å². The minimum Gasteiger partial charge on any atom is -0.355 e. The first kappa shape index (κ1) is 15.7. The highest BCUT2D eigenvalue weighted by molar-refractivity contribution is 5.76. The number of carbonyl (C=O) groups is 1. The van der Waals surface area contributed by atoms with Crippen LogP contribution in [-0.4, -0.2) is 25.5 Å². The van der Waals surface area contributed by atoms with Crippen LogP contribution in [0.1, 0.15) is 43.7 Å². The minimum atomic E-state index is 0.144. The van der Waals surface area contributed by atoms with Gasteiger partial charge in [-0.3, -0.25) is 4.79 Å². The number of carbonyl (C=O) groups excluding carboxylic acids is 1. The third-order valence-electron chi connectivity index (χ3n) is 3.35. The molecule has 2 N–H and O–H groups in total. The van der Waals surface area contributed by atoms with Crippen LogP contribution in [-0.2, 0) is 4.79 Å². The van der Waals surface area contributed by atoms with E-state index in [0.29, 0.717) is 18.9 Å². The molecule has 0 heterocycles. The molecule has 0 bridgehead atoms. The number of likely N-dealkylation sites (N-methyl/N-ethyl adjacent to an activating group) is 1. The van der Waals surface area contributed by atoms with Gasteiger partial charge >= 0.3 is 0 Å². The molecule has 0 aliphatic carbocycles. The Balaban J connectivity index is 2.43. The summed E-state index contributed by atoms with van der Waals surface area (Å²) in [6.07, 6.45) is 1.56. The Morgan fingerprint density at radius 3 is 2.42 bits per heavy atom. The van der Waals surface area contributed by atoms with Crippen molar-refractivity contribution in [2.24, 2.45) is 0 Å². The van der Waals surface area contributed by atoms with Crippen molar-refractivity contribution < 1.29 is 4.79 Å². The zero-order chi connectivity index (χ0) is 14.1. The van der Waals surface area contributed by atoms with Crippen LogP contribution in [0.4, 0.5) is 0 Å². The molecule has 1 rings (SSSR count). The predicted molar refractivity (Wildman–Crippen MR) is 80.4 cm³/mol. The number of aryl methyl sites for hydroxylation is 1. The van der Waals surface area contributed by atoms with Gasteiger partial charge in [-0.05, 0) is 31.4 Å². The van der Waals surface area contributed by atoms with Crippen LogP contribution in [0.3, 0.4) is 0 Å². The highest BCUT2D eigenvalue weighted by Gasteiger charge is 2.13. The maximum atomic E-state index is 11.9. The number of hydrogen-bond donors (Lipinski definition) is 2. The molecule has 0 fully saturated rings. The van der Waals surface area contributed by atoms with Crippen molar-refractivity contribution in [2.75, 3.05) is 19.6 Å². The molecule has 1 aromatic carbocycles. The Labute approximate surface area is 116 Å². The van der Waals surface area contributed by atoms with E-state index in [4.69, 9.17) is 0 Å². The largest absolute Gasteiger partial charge is 0.355 e. The zero-order valence-corrected chi connectivity index (χ0v) is 12.3. The fourth-order valence-corrected chi connectivity index (χ4v) is 2.10. The Morgan fingerprint density at radius 1 is 1.16 bits per heavy atom. The molecule has 0 aromatic heterocycles. The molecule has 0 spiro atoms. The first-order valence-corrected chi connectivity index (χ1v) is 7.21. The lowest BCUT2D eigenvalue weighted by atomic mass is 9.92. The van der Waals surface area contributed by atoms with Crippen LogP contribution in [0.5, 0.6) is 0 Å². The summed E-state index contributed by atoms with van der Waals surface area (Å²) in [5.41, 5.74) is 2.52. The normalized spacial score (nSPS) is 12.2. The summed E-state index contributed by atoms with van der Waals surface area (Å²) < 4.78 is 0. The highest BCUT2D eigenvalue weighted by atomic mass is 16.1. The molecule has 106 valence electrons. The quantitative estimate of drug-likeness (QED) is 0.707. The second kappa shape index (κ2) is 8.70. The number of amides is 1. The molecule has 1 amide bonds. The van der Waals surface area contributed by atoms with E-state index in [1.807, 2.05) is 0 Å². The van der Waals surface area contributed by atoms with Crippen LogP contribution in [0.15, 0.2) is 24.3 Å². The summed E-state index contributed by atoms with van der Waals surface area (Å²) in [6, 6.07) is 8.49. The van der Waals surface area contributed by atoms with Gasteiger partial charge in [-0.15, -0.1) is 0 Å².